The topological polar surface area (TPSA) is 120 Å². The highest BCUT2D eigenvalue weighted by molar-refractivity contribution is 7.07. The molecule has 6 heterocycles. The van der Waals surface area contributed by atoms with E-state index < -0.39 is 36.4 Å². The Bertz CT molecular complexity index is 2210. The Morgan fingerprint density at radius 3 is 2.59 bits per heavy atom. The van der Waals surface area contributed by atoms with Crippen LogP contribution in [0.1, 0.15) is 41.7 Å². The van der Waals surface area contributed by atoms with E-state index in [1.54, 1.807) is 29.9 Å². The summed E-state index contributed by atoms with van der Waals surface area (Å²) in [7, 11) is 3.33. The Labute approximate surface area is 254 Å². The van der Waals surface area contributed by atoms with Crippen LogP contribution in [0.15, 0.2) is 59.4 Å². The fourth-order valence-electron chi connectivity index (χ4n) is 7.99. The van der Waals surface area contributed by atoms with Crippen LogP contribution >= 0.6 is 11.3 Å². The van der Waals surface area contributed by atoms with Crippen molar-refractivity contribution >= 4 is 66.9 Å². The second-order valence-corrected chi connectivity index (χ2v) is 12.5. The molecule has 9 rings (SSSR count). The van der Waals surface area contributed by atoms with E-state index in [1.807, 2.05) is 55.5 Å². The van der Waals surface area contributed by atoms with Crippen molar-refractivity contribution in [3.8, 4) is 5.88 Å². The lowest BCUT2D eigenvalue weighted by atomic mass is 9.92. The van der Waals surface area contributed by atoms with Gasteiger partial charge in [0.25, 0.3) is 5.91 Å². The maximum absolute atomic E-state index is 13.6. The molecule has 0 saturated carbocycles. The average molecular weight is 610 g/mol. The van der Waals surface area contributed by atoms with Gasteiger partial charge in [0, 0.05) is 47.7 Å². The maximum atomic E-state index is 13.6. The van der Waals surface area contributed by atoms with E-state index in [0.717, 1.165) is 43.6 Å². The number of aliphatic hydroxyl groups excluding tert-OH is 1. The van der Waals surface area contributed by atoms with Crippen LogP contribution in [0.3, 0.4) is 0 Å². The van der Waals surface area contributed by atoms with Crippen LogP contribution in [0.2, 0.25) is 0 Å². The Hall–Kier alpha value is -4.49. The van der Waals surface area contributed by atoms with Crippen LogP contribution in [0.25, 0.3) is 43.6 Å². The van der Waals surface area contributed by atoms with Crippen molar-refractivity contribution in [1.82, 2.24) is 24.3 Å². The van der Waals surface area contributed by atoms with Crippen molar-refractivity contribution in [2.75, 3.05) is 14.2 Å². The largest absolute Gasteiger partial charge is 0.416 e. The first-order valence-electron chi connectivity index (χ1n) is 14.4. The molecule has 0 radical (unpaired) electrons. The predicted molar refractivity (Wildman–Crippen MR) is 164 cm³/mol. The highest BCUT2D eigenvalue weighted by Gasteiger charge is 2.55. The molecule has 6 aromatic rings. The molecule has 1 saturated heterocycles. The van der Waals surface area contributed by atoms with Gasteiger partial charge in [0.1, 0.15) is 12.3 Å². The standard InChI is InChI=1S/C32H27N5O6S/c1-32-28(41-3)19(35(2)31(40)42-20-13-44-14-33-20)12-21(43-32)36-17-10-6-4-8-15(17)22-24-25(30(39)34-29(24)38)23-16-9-5-7-11-18(16)37(32)27(23)26(22)36/h4-11,13-14,19,21,28,30,39H,12H2,1-3H3,(H,34,38)/t19-,21-,28-,30?,32+/m1/s1. The minimum absolute atomic E-state index is 0.242. The molecule has 5 atom stereocenters. The number of nitrogens with one attached hydrogen (secondary N) is 1. The maximum Gasteiger partial charge on any atom is 0.416 e. The molecule has 0 aliphatic carbocycles. The zero-order valence-corrected chi connectivity index (χ0v) is 24.8. The SMILES string of the molecule is CO[C@@H]1[C@H](N(C)C(=O)Oc2cscn2)C[C@H]2O[C@]1(C)n1c3ccccc3c3c4c(c5c6ccccc6n2c5c31)C(=O)NC4O. The number of aliphatic hydroxyl groups is 1. The summed E-state index contributed by atoms with van der Waals surface area (Å²) in [5, 5.41) is 19.1. The highest BCUT2D eigenvalue weighted by atomic mass is 32.1. The molecule has 12 heteroatoms. The first-order chi connectivity index (χ1) is 21.3. The van der Waals surface area contributed by atoms with Gasteiger partial charge in [-0.3, -0.25) is 4.79 Å². The number of benzene rings is 3. The lowest BCUT2D eigenvalue weighted by molar-refractivity contribution is -0.264. The number of hydrogen-bond donors (Lipinski definition) is 2. The molecule has 11 nitrogen and oxygen atoms in total. The van der Waals surface area contributed by atoms with Crippen molar-refractivity contribution in [3.63, 3.8) is 0 Å². The number of rotatable bonds is 3. The summed E-state index contributed by atoms with van der Waals surface area (Å²) < 4.78 is 23.3. The predicted octanol–water partition coefficient (Wildman–Crippen LogP) is 5.21. The second kappa shape index (κ2) is 8.79. The van der Waals surface area contributed by atoms with E-state index in [0.29, 0.717) is 17.5 Å². The molecule has 44 heavy (non-hydrogen) atoms. The van der Waals surface area contributed by atoms with Gasteiger partial charge < -0.3 is 38.7 Å². The molecule has 3 aromatic heterocycles. The minimum Gasteiger partial charge on any atom is -0.390 e. The van der Waals surface area contributed by atoms with Crippen molar-refractivity contribution in [1.29, 1.82) is 0 Å². The van der Waals surface area contributed by atoms with E-state index in [-0.39, 0.29) is 11.8 Å². The van der Waals surface area contributed by atoms with Gasteiger partial charge in [-0.05, 0) is 19.1 Å². The van der Waals surface area contributed by atoms with E-state index in [2.05, 4.69) is 19.4 Å². The first kappa shape index (κ1) is 26.0. The number of methoxy groups -OCH3 is 1. The molecular formula is C32H27N5O6S. The van der Waals surface area contributed by atoms with Crippen LogP contribution in [0, 0.1) is 0 Å². The smallest absolute Gasteiger partial charge is 0.390 e. The summed E-state index contributed by atoms with van der Waals surface area (Å²) in [4.78, 5) is 32.8. The Kier molecular flexibility index (Phi) is 5.19. The third-order valence-corrected chi connectivity index (χ3v) is 10.2. The van der Waals surface area contributed by atoms with Gasteiger partial charge in [0.2, 0.25) is 5.88 Å². The number of carbonyl (C=O) groups is 2. The number of thiazole rings is 1. The van der Waals surface area contributed by atoms with Gasteiger partial charge in [-0.2, -0.15) is 0 Å². The van der Waals surface area contributed by atoms with E-state index in [9.17, 15) is 14.7 Å². The number of nitrogens with zero attached hydrogens (tertiary/aromatic N) is 4. The molecule has 3 aliphatic rings. The second-order valence-electron chi connectivity index (χ2n) is 11.7. The number of ether oxygens (including phenoxy) is 3. The number of aromatic nitrogens is 3. The van der Waals surface area contributed by atoms with Crippen molar-refractivity contribution < 1.29 is 28.9 Å². The average Bonchev–Trinajstić information content (AvgIpc) is 3.78. The molecule has 2 amide bonds. The lowest BCUT2D eigenvalue weighted by Gasteiger charge is -2.50. The fourth-order valence-corrected chi connectivity index (χ4v) is 8.44. The van der Waals surface area contributed by atoms with E-state index >= 15 is 0 Å². The minimum atomic E-state index is -1.17. The lowest BCUT2D eigenvalue weighted by Crippen LogP contribution is -2.61. The number of para-hydroxylation sites is 2. The van der Waals surface area contributed by atoms with E-state index in [4.69, 9.17) is 14.2 Å². The summed E-state index contributed by atoms with van der Waals surface area (Å²) in [5.74, 6) is -0.0721. The molecule has 0 spiro atoms. The molecule has 2 bridgehead atoms. The summed E-state index contributed by atoms with van der Waals surface area (Å²) in [6, 6.07) is 15.4. The number of carbonyl (C=O) groups excluding carboxylic acids is 2. The molecule has 222 valence electrons. The van der Waals surface area contributed by atoms with Crippen LogP contribution in [0.4, 0.5) is 4.79 Å². The summed E-state index contributed by atoms with van der Waals surface area (Å²) in [6.45, 7) is 1.99. The number of hydrogen-bond acceptors (Lipinski definition) is 8. The van der Waals surface area contributed by atoms with E-state index in [1.165, 1.54) is 11.3 Å². The molecule has 2 N–H and O–H groups in total. The van der Waals surface area contributed by atoms with Gasteiger partial charge in [-0.1, -0.05) is 36.4 Å². The third-order valence-electron chi connectivity index (χ3n) is 9.63. The van der Waals surface area contributed by atoms with Gasteiger partial charge in [0.05, 0.1) is 44.6 Å². The molecule has 1 unspecified atom stereocenters. The molecular weight excluding hydrogens is 582 g/mol. The molecule has 3 aromatic carbocycles. The molecule has 3 aliphatic heterocycles. The number of amides is 2. The third kappa shape index (κ3) is 3.08. The summed E-state index contributed by atoms with van der Waals surface area (Å²) in [5.41, 5.74) is 4.96. The summed E-state index contributed by atoms with van der Waals surface area (Å²) in [6.07, 6.45) is -2.50. The van der Waals surface area contributed by atoms with Gasteiger partial charge in [-0.15, -0.1) is 11.3 Å². The Balaban J connectivity index is 1.41. The molecule has 1 fully saturated rings. The fraction of sp³-hybridized carbons (Fsp3) is 0.281. The van der Waals surface area contributed by atoms with Gasteiger partial charge >= 0.3 is 6.09 Å². The Morgan fingerprint density at radius 1 is 1.14 bits per heavy atom. The highest BCUT2D eigenvalue weighted by Crippen LogP contribution is 2.55. The normalized spacial score (nSPS) is 25.6. The van der Waals surface area contributed by atoms with Crippen molar-refractivity contribution in [2.45, 2.75) is 43.7 Å². The summed E-state index contributed by atoms with van der Waals surface area (Å²) >= 11 is 1.35. The monoisotopic (exact) mass is 609 g/mol. The Morgan fingerprint density at radius 2 is 1.86 bits per heavy atom. The number of fused-ring (bicyclic) bond motifs is 13. The zero-order valence-electron chi connectivity index (χ0n) is 24.0. The number of likely N-dealkylation sites (N-methyl/N-ethyl adjacent to an activating group) is 1. The zero-order chi connectivity index (χ0) is 30.1. The van der Waals surface area contributed by atoms with Crippen molar-refractivity contribution in [2.24, 2.45) is 0 Å². The van der Waals surface area contributed by atoms with Gasteiger partial charge in [0.15, 0.2) is 12.0 Å². The quantitative estimate of drug-likeness (QED) is 0.283. The van der Waals surface area contributed by atoms with Gasteiger partial charge in [-0.25, -0.2) is 9.78 Å². The van der Waals surface area contributed by atoms with Crippen LogP contribution in [-0.4, -0.2) is 62.4 Å². The first-order valence-corrected chi connectivity index (χ1v) is 15.3. The van der Waals surface area contributed by atoms with Crippen molar-refractivity contribution in [3.05, 3.63) is 70.5 Å². The van der Waals surface area contributed by atoms with Crippen LogP contribution < -0.4 is 10.1 Å². The van der Waals surface area contributed by atoms with Crippen LogP contribution in [-0.2, 0) is 15.2 Å². The van der Waals surface area contributed by atoms with Crippen LogP contribution in [0.5, 0.6) is 5.88 Å².